The Morgan fingerprint density at radius 2 is 1.75 bits per heavy atom. The summed E-state index contributed by atoms with van der Waals surface area (Å²) in [5.74, 6) is -0.119. The second-order valence-corrected chi connectivity index (χ2v) is 4.61. The van der Waals surface area contributed by atoms with Gasteiger partial charge in [0, 0.05) is 19.6 Å². The fraction of sp³-hybridized carbons (Fsp3) is 0.917. The zero-order valence-corrected chi connectivity index (χ0v) is 11.1. The molecule has 0 aromatic carbocycles. The molecule has 0 bridgehead atoms. The third-order valence-corrected chi connectivity index (χ3v) is 2.89. The second-order valence-electron chi connectivity index (χ2n) is 4.61. The number of carbonyl (C=O) groups is 1. The van der Waals surface area contributed by atoms with Gasteiger partial charge in [0.15, 0.2) is 0 Å². The topological polar surface area (TPSA) is 43.8 Å². The van der Waals surface area contributed by atoms with Gasteiger partial charge in [0.25, 0.3) is 0 Å². The molecule has 0 heterocycles. The van der Waals surface area contributed by atoms with E-state index in [4.69, 9.17) is 5.11 Å². The van der Waals surface area contributed by atoms with E-state index in [0.29, 0.717) is 5.92 Å². The van der Waals surface area contributed by atoms with Gasteiger partial charge in [-0.1, -0.05) is 26.7 Å². The quantitative estimate of drug-likeness (QED) is 0.650. The minimum Gasteiger partial charge on any atom is -0.480 e. The van der Waals surface area contributed by atoms with Crippen LogP contribution in [0, 0.1) is 5.92 Å². The summed E-state index contributed by atoms with van der Waals surface area (Å²) in [6.45, 7) is 7.12. The summed E-state index contributed by atoms with van der Waals surface area (Å²) in [5.41, 5.74) is 0. The smallest absolute Gasteiger partial charge is 0.317 e. The summed E-state index contributed by atoms with van der Waals surface area (Å²) in [6, 6.07) is 0. The van der Waals surface area contributed by atoms with Crippen LogP contribution in [0.25, 0.3) is 0 Å². The van der Waals surface area contributed by atoms with Crippen LogP contribution < -0.4 is 0 Å². The molecule has 4 heteroatoms. The number of likely N-dealkylation sites (N-methyl/N-ethyl adjacent to an activating group) is 1. The van der Waals surface area contributed by atoms with Gasteiger partial charge in [-0.3, -0.25) is 9.69 Å². The van der Waals surface area contributed by atoms with Gasteiger partial charge in [-0.25, -0.2) is 0 Å². The predicted octanol–water partition coefficient (Wildman–Crippen LogP) is 1.37. The van der Waals surface area contributed by atoms with E-state index in [2.05, 4.69) is 18.7 Å². The highest BCUT2D eigenvalue weighted by molar-refractivity contribution is 5.69. The molecule has 0 fully saturated rings. The molecule has 0 aliphatic carbocycles. The van der Waals surface area contributed by atoms with Gasteiger partial charge >= 0.3 is 5.97 Å². The summed E-state index contributed by atoms with van der Waals surface area (Å²) in [7, 11) is 4.02. The minimum absolute atomic E-state index is 0.157. The van der Waals surface area contributed by atoms with Crippen molar-refractivity contribution in [1.82, 2.24) is 9.80 Å². The van der Waals surface area contributed by atoms with Crippen LogP contribution in [-0.2, 0) is 4.79 Å². The maximum atomic E-state index is 10.8. The van der Waals surface area contributed by atoms with Gasteiger partial charge < -0.3 is 10.0 Å². The SMILES string of the molecule is CCC(CC)CN(CCN(C)C)CC(=O)O. The lowest BCUT2D eigenvalue weighted by Gasteiger charge is -2.26. The maximum Gasteiger partial charge on any atom is 0.317 e. The minimum atomic E-state index is -0.732. The Labute approximate surface area is 99.2 Å². The molecule has 16 heavy (non-hydrogen) atoms. The molecular weight excluding hydrogens is 204 g/mol. The van der Waals surface area contributed by atoms with Crippen LogP contribution >= 0.6 is 0 Å². The molecule has 0 saturated carbocycles. The lowest BCUT2D eigenvalue weighted by Crippen LogP contribution is -2.38. The Morgan fingerprint density at radius 3 is 2.12 bits per heavy atom. The molecule has 0 amide bonds. The normalized spacial score (nSPS) is 11.7. The van der Waals surface area contributed by atoms with E-state index in [1.165, 1.54) is 0 Å². The fourth-order valence-electron chi connectivity index (χ4n) is 1.68. The van der Waals surface area contributed by atoms with Crippen molar-refractivity contribution >= 4 is 5.97 Å². The van der Waals surface area contributed by atoms with Crippen LogP contribution in [0.5, 0.6) is 0 Å². The number of aliphatic carboxylic acids is 1. The van der Waals surface area contributed by atoms with Crippen molar-refractivity contribution in [2.75, 3.05) is 40.3 Å². The largest absolute Gasteiger partial charge is 0.480 e. The number of carboxylic acids is 1. The predicted molar refractivity (Wildman–Crippen MR) is 66.7 cm³/mol. The highest BCUT2D eigenvalue weighted by atomic mass is 16.4. The molecule has 0 radical (unpaired) electrons. The Balaban J connectivity index is 4.13. The third-order valence-electron chi connectivity index (χ3n) is 2.89. The Kier molecular flexibility index (Phi) is 8.21. The van der Waals surface area contributed by atoms with Crippen LogP contribution in [0.3, 0.4) is 0 Å². The lowest BCUT2D eigenvalue weighted by atomic mass is 10.0. The van der Waals surface area contributed by atoms with E-state index in [9.17, 15) is 4.79 Å². The van der Waals surface area contributed by atoms with E-state index < -0.39 is 5.97 Å². The van der Waals surface area contributed by atoms with Crippen LogP contribution in [0.1, 0.15) is 26.7 Å². The zero-order valence-electron chi connectivity index (χ0n) is 11.1. The van der Waals surface area contributed by atoms with Gasteiger partial charge in [-0.05, 0) is 20.0 Å². The molecule has 0 saturated heterocycles. The summed E-state index contributed by atoms with van der Waals surface area (Å²) < 4.78 is 0. The summed E-state index contributed by atoms with van der Waals surface area (Å²) in [5, 5.41) is 8.85. The van der Waals surface area contributed by atoms with Gasteiger partial charge in [0.1, 0.15) is 0 Å². The number of rotatable bonds is 9. The van der Waals surface area contributed by atoms with Gasteiger partial charge in [-0.2, -0.15) is 0 Å². The standard InChI is InChI=1S/C12H26N2O2/c1-5-11(6-2)9-14(10-12(15)16)8-7-13(3)4/h11H,5-10H2,1-4H3,(H,15,16). The summed E-state index contributed by atoms with van der Waals surface area (Å²) in [4.78, 5) is 14.9. The third kappa shape index (κ3) is 7.65. The first kappa shape index (κ1) is 15.4. The lowest BCUT2D eigenvalue weighted by molar-refractivity contribution is -0.138. The van der Waals surface area contributed by atoms with Crippen molar-refractivity contribution in [3.05, 3.63) is 0 Å². The second kappa shape index (κ2) is 8.53. The molecule has 96 valence electrons. The van der Waals surface area contributed by atoms with Crippen LogP contribution in [0.2, 0.25) is 0 Å². The zero-order chi connectivity index (χ0) is 12.6. The maximum absolute atomic E-state index is 10.8. The number of carboxylic acid groups (broad SMARTS) is 1. The van der Waals surface area contributed by atoms with E-state index in [1.807, 2.05) is 19.0 Å². The van der Waals surface area contributed by atoms with Crippen molar-refractivity contribution in [2.45, 2.75) is 26.7 Å². The number of nitrogens with zero attached hydrogens (tertiary/aromatic N) is 2. The van der Waals surface area contributed by atoms with Crippen molar-refractivity contribution in [3.8, 4) is 0 Å². The summed E-state index contributed by atoms with van der Waals surface area (Å²) in [6.07, 6.45) is 2.24. The molecular formula is C12H26N2O2. The van der Waals surface area contributed by atoms with Crippen LogP contribution in [-0.4, -0.2) is 61.2 Å². The Hall–Kier alpha value is -0.610. The average molecular weight is 230 g/mol. The molecule has 0 aliphatic heterocycles. The van der Waals surface area contributed by atoms with Gasteiger partial charge in [-0.15, -0.1) is 0 Å². The van der Waals surface area contributed by atoms with Crippen molar-refractivity contribution in [1.29, 1.82) is 0 Å². The molecule has 0 unspecified atom stereocenters. The Bertz CT molecular complexity index is 191. The monoisotopic (exact) mass is 230 g/mol. The molecule has 1 N–H and O–H groups in total. The Morgan fingerprint density at radius 1 is 1.19 bits per heavy atom. The molecule has 0 aliphatic rings. The van der Waals surface area contributed by atoms with Crippen molar-refractivity contribution < 1.29 is 9.90 Å². The molecule has 0 aromatic heterocycles. The van der Waals surface area contributed by atoms with Crippen molar-refractivity contribution in [3.63, 3.8) is 0 Å². The number of hydrogen-bond acceptors (Lipinski definition) is 3. The highest BCUT2D eigenvalue weighted by Gasteiger charge is 2.14. The summed E-state index contributed by atoms with van der Waals surface area (Å²) >= 11 is 0. The van der Waals surface area contributed by atoms with Crippen LogP contribution in [0.4, 0.5) is 0 Å². The van der Waals surface area contributed by atoms with Crippen LogP contribution in [0.15, 0.2) is 0 Å². The molecule has 4 nitrogen and oxygen atoms in total. The van der Waals surface area contributed by atoms with Crippen molar-refractivity contribution in [2.24, 2.45) is 5.92 Å². The first-order valence-corrected chi connectivity index (χ1v) is 6.08. The average Bonchev–Trinajstić information content (AvgIpc) is 2.21. The van der Waals surface area contributed by atoms with E-state index in [-0.39, 0.29) is 6.54 Å². The van der Waals surface area contributed by atoms with E-state index >= 15 is 0 Å². The highest BCUT2D eigenvalue weighted by Crippen LogP contribution is 2.09. The first-order valence-electron chi connectivity index (χ1n) is 6.08. The van der Waals surface area contributed by atoms with E-state index in [0.717, 1.165) is 32.5 Å². The number of hydrogen-bond donors (Lipinski definition) is 1. The molecule has 0 spiro atoms. The van der Waals surface area contributed by atoms with Gasteiger partial charge in [0.2, 0.25) is 0 Å². The molecule has 0 atom stereocenters. The first-order chi connectivity index (χ1) is 7.49. The molecule has 0 aromatic rings. The van der Waals surface area contributed by atoms with Gasteiger partial charge in [0.05, 0.1) is 6.54 Å². The molecule has 0 rings (SSSR count). The van der Waals surface area contributed by atoms with E-state index in [1.54, 1.807) is 0 Å². The fourth-order valence-corrected chi connectivity index (χ4v) is 1.68.